The highest BCUT2D eigenvalue weighted by molar-refractivity contribution is 7.09. The van der Waals surface area contributed by atoms with E-state index in [1.807, 2.05) is 17.5 Å². The fourth-order valence-electron chi connectivity index (χ4n) is 1.50. The van der Waals surface area contributed by atoms with E-state index in [4.69, 9.17) is 10.6 Å². The Morgan fingerprint density at radius 3 is 2.82 bits per heavy atom. The molecule has 1 unspecified atom stereocenters. The molecule has 0 radical (unpaired) electrons. The van der Waals surface area contributed by atoms with Crippen LogP contribution in [0.5, 0.6) is 5.88 Å². The molecule has 6 heteroatoms. The van der Waals surface area contributed by atoms with Gasteiger partial charge in [0.05, 0.1) is 18.8 Å². The second-order valence-electron chi connectivity index (χ2n) is 3.50. The highest BCUT2D eigenvalue weighted by Gasteiger charge is 2.13. The summed E-state index contributed by atoms with van der Waals surface area (Å²) in [5.74, 6) is 6.05. The van der Waals surface area contributed by atoms with Crippen LogP contribution in [0.2, 0.25) is 0 Å². The Morgan fingerprint density at radius 2 is 2.29 bits per heavy atom. The third-order valence-electron chi connectivity index (χ3n) is 2.41. The third kappa shape index (κ3) is 3.00. The van der Waals surface area contributed by atoms with Crippen LogP contribution in [0.4, 0.5) is 0 Å². The van der Waals surface area contributed by atoms with Crippen molar-refractivity contribution in [1.82, 2.24) is 15.6 Å². The largest absolute Gasteiger partial charge is 0.480 e. The molecular formula is C11H14N4OS. The van der Waals surface area contributed by atoms with Gasteiger partial charge in [0, 0.05) is 17.4 Å². The maximum atomic E-state index is 5.55. The van der Waals surface area contributed by atoms with E-state index in [1.54, 1.807) is 24.5 Å². The Hall–Kier alpha value is -1.50. The Bertz CT molecular complexity index is 443. The molecule has 0 aliphatic carbocycles. The van der Waals surface area contributed by atoms with Gasteiger partial charge < -0.3 is 4.74 Å². The molecule has 1 atom stereocenters. The van der Waals surface area contributed by atoms with Crippen LogP contribution in [0.15, 0.2) is 29.6 Å². The van der Waals surface area contributed by atoms with Crippen molar-refractivity contribution in [3.63, 3.8) is 0 Å². The minimum atomic E-state index is -0.0351. The van der Waals surface area contributed by atoms with Gasteiger partial charge in [-0.15, -0.1) is 16.4 Å². The number of hydrazine groups is 1. The van der Waals surface area contributed by atoms with Gasteiger partial charge in [-0.05, 0) is 17.5 Å². The number of thiophene rings is 1. The van der Waals surface area contributed by atoms with Crippen LogP contribution in [0.25, 0.3) is 0 Å². The molecule has 17 heavy (non-hydrogen) atoms. The first-order chi connectivity index (χ1) is 8.33. The fourth-order valence-corrected chi connectivity index (χ4v) is 2.26. The van der Waals surface area contributed by atoms with Gasteiger partial charge in [-0.25, -0.2) is 0 Å². The number of ether oxygens (including phenoxy) is 1. The van der Waals surface area contributed by atoms with Crippen molar-refractivity contribution in [2.75, 3.05) is 7.11 Å². The molecule has 5 nitrogen and oxygen atoms in total. The first-order valence-corrected chi connectivity index (χ1v) is 6.07. The van der Waals surface area contributed by atoms with Crippen LogP contribution in [0, 0.1) is 0 Å². The smallest absolute Gasteiger partial charge is 0.233 e. The zero-order chi connectivity index (χ0) is 12.1. The molecule has 2 heterocycles. The highest BCUT2D eigenvalue weighted by Crippen LogP contribution is 2.19. The van der Waals surface area contributed by atoms with Crippen molar-refractivity contribution in [3.8, 4) is 5.88 Å². The number of nitrogens with two attached hydrogens (primary N) is 1. The zero-order valence-electron chi connectivity index (χ0n) is 9.46. The Morgan fingerprint density at radius 1 is 1.41 bits per heavy atom. The van der Waals surface area contributed by atoms with Gasteiger partial charge in [0.25, 0.3) is 0 Å². The summed E-state index contributed by atoms with van der Waals surface area (Å²) in [6.07, 6.45) is 0.801. The lowest BCUT2D eigenvalue weighted by atomic mass is 10.1. The van der Waals surface area contributed by atoms with Gasteiger partial charge >= 0.3 is 0 Å². The molecule has 0 saturated carbocycles. The number of nitrogens with one attached hydrogen (secondary N) is 1. The van der Waals surface area contributed by atoms with Crippen molar-refractivity contribution in [3.05, 3.63) is 40.2 Å². The quantitative estimate of drug-likeness (QED) is 0.618. The average molecular weight is 250 g/mol. The molecular weight excluding hydrogens is 236 g/mol. The van der Waals surface area contributed by atoms with E-state index in [0.29, 0.717) is 5.88 Å². The molecule has 2 aromatic rings. The summed E-state index contributed by atoms with van der Waals surface area (Å²) in [6, 6.07) is 7.71. The maximum Gasteiger partial charge on any atom is 0.233 e. The average Bonchev–Trinajstić information content (AvgIpc) is 2.89. The second-order valence-corrected chi connectivity index (χ2v) is 4.54. The van der Waals surface area contributed by atoms with E-state index < -0.39 is 0 Å². The number of methoxy groups -OCH3 is 1. The monoisotopic (exact) mass is 250 g/mol. The summed E-state index contributed by atoms with van der Waals surface area (Å²) in [5, 5.41) is 10.1. The topological polar surface area (TPSA) is 73.1 Å². The molecule has 2 aromatic heterocycles. The first-order valence-electron chi connectivity index (χ1n) is 5.19. The summed E-state index contributed by atoms with van der Waals surface area (Å²) in [4.78, 5) is 1.26. The Kier molecular flexibility index (Phi) is 4.03. The van der Waals surface area contributed by atoms with E-state index in [2.05, 4.69) is 21.7 Å². The molecule has 3 N–H and O–H groups in total. The van der Waals surface area contributed by atoms with Gasteiger partial charge in [0.15, 0.2) is 0 Å². The minimum Gasteiger partial charge on any atom is -0.480 e. The molecule has 0 saturated heterocycles. The molecule has 0 aliphatic rings. The van der Waals surface area contributed by atoms with Crippen LogP contribution in [-0.4, -0.2) is 17.3 Å². The number of hydrogen-bond donors (Lipinski definition) is 2. The van der Waals surface area contributed by atoms with Gasteiger partial charge in [-0.2, -0.15) is 5.10 Å². The lowest BCUT2D eigenvalue weighted by molar-refractivity contribution is 0.389. The SMILES string of the molecule is COc1ccc(C(Cc2cccs2)NN)nn1. The lowest BCUT2D eigenvalue weighted by Crippen LogP contribution is -2.30. The summed E-state index contributed by atoms with van der Waals surface area (Å²) in [6.45, 7) is 0. The molecule has 0 aliphatic heterocycles. The van der Waals surface area contributed by atoms with Crippen molar-refractivity contribution < 1.29 is 4.74 Å². The summed E-state index contributed by atoms with van der Waals surface area (Å²) in [5.41, 5.74) is 3.56. The number of rotatable bonds is 5. The van der Waals surface area contributed by atoms with E-state index >= 15 is 0 Å². The van der Waals surface area contributed by atoms with E-state index in [1.165, 1.54) is 4.88 Å². The maximum absolute atomic E-state index is 5.55. The third-order valence-corrected chi connectivity index (χ3v) is 3.31. The van der Waals surface area contributed by atoms with Crippen molar-refractivity contribution in [2.45, 2.75) is 12.5 Å². The van der Waals surface area contributed by atoms with Crippen LogP contribution in [0.3, 0.4) is 0 Å². The summed E-state index contributed by atoms with van der Waals surface area (Å²) < 4.78 is 4.97. The van der Waals surface area contributed by atoms with Gasteiger partial charge in [0.2, 0.25) is 5.88 Å². The molecule has 0 spiro atoms. The van der Waals surface area contributed by atoms with Gasteiger partial charge in [0.1, 0.15) is 0 Å². The van der Waals surface area contributed by atoms with Gasteiger partial charge in [-0.3, -0.25) is 11.3 Å². The number of aromatic nitrogens is 2. The van der Waals surface area contributed by atoms with Crippen molar-refractivity contribution in [1.29, 1.82) is 0 Å². The molecule has 0 aromatic carbocycles. The van der Waals surface area contributed by atoms with Crippen molar-refractivity contribution >= 4 is 11.3 Å². The Balaban J connectivity index is 2.11. The van der Waals surface area contributed by atoms with Gasteiger partial charge in [-0.1, -0.05) is 6.07 Å². The molecule has 0 bridgehead atoms. The summed E-state index contributed by atoms with van der Waals surface area (Å²) in [7, 11) is 1.56. The lowest BCUT2D eigenvalue weighted by Gasteiger charge is -2.13. The van der Waals surface area contributed by atoms with Crippen LogP contribution in [0.1, 0.15) is 16.6 Å². The van der Waals surface area contributed by atoms with Crippen LogP contribution >= 0.6 is 11.3 Å². The normalized spacial score (nSPS) is 12.4. The molecule has 90 valence electrons. The predicted octanol–water partition coefficient (Wildman–Crippen LogP) is 1.29. The molecule has 0 amide bonds. The Labute approximate surface area is 104 Å². The fraction of sp³-hybridized carbons (Fsp3) is 0.273. The minimum absolute atomic E-state index is 0.0351. The molecule has 2 rings (SSSR count). The zero-order valence-corrected chi connectivity index (χ0v) is 10.3. The number of hydrogen-bond acceptors (Lipinski definition) is 6. The standard InChI is InChI=1S/C11H14N4OS/c1-16-11-5-4-9(14-15-11)10(13-12)7-8-3-2-6-17-8/h2-6,10,13H,7,12H2,1H3. The second kappa shape index (κ2) is 5.72. The predicted molar refractivity (Wildman–Crippen MR) is 66.7 cm³/mol. The van der Waals surface area contributed by atoms with E-state index in [9.17, 15) is 0 Å². The molecule has 0 fully saturated rings. The number of nitrogens with zero attached hydrogens (tertiary/aromatic N) is 2. The summed E-state index contributed by atoms with van der Waals surface area (Å²) >= 11 is 1.70. The first kappa shape index (κ1) is 12.0. The van der Waals surface area contributed by atoms with Crippen LogP contribution in [-0.2, 0) is 6.42 Å². The van der Waals surface area contributed by atoms with E-state index in [0.717, 1.165) is 12.1 Å². The highest BCUT2D eigenvalue weighted by atomic mass is 32.1. The van der Waals surface area contributed by atoms with Crippen molar-refractivity contribution in [2.24, 2.45) is 5.84 Å². The van der Waals surface area contributed by atoms with E-state index in [-0.39, 0.29) is 6.04 Å². The van der Waals surface area contributed by atoms with Crippen LogP contribution < -0.4 is 16.0 Å².